The number of aliphatic hydroxyl groups is 2. The van der Waals surface area contributed by atoms with Crippen molar-refractivity contribution in [3.63, 3.8) is 0 Å². The van der Waals surface area contributed by atoms with Crippen LogP contribution in [-0.4, -0.2) is 79.4 Å². The number of hydrogen-bond acceptors (Lipinski definition) is 12. The summed E-state index contributed by atoms with van der Waals surface area (Å²) in [6.45, 7) is 8.64. The van der Waals surface area contributed by atoms with Gasteiger partial charge < -0.3 is 51.4 Å². The van der Waals surface area contributed by atoms with E-state index in [2.05, 4.69) is 100 Å². The number of nitrogens with one attached hydrogen (secondary N) is 5. The fraction of sp³-hybridized carbons (Fsp3) is 0.507. The minimum absolute atomic E-state index is 0.00581. The molecule has 2 saturated heterocycles. The molecule has 5 aliphatic heterocycles. The van der Waals surface area contributed by atoms with Crippen LogP contribution >= 0.6 is 0 Å². The first-order valence-electron chi connectivity index (χ1n) is 30.8. The van der Waals surface area contributed by atoms with Crippen molar-refractivity contribution in [1.29, 1.82) is 0 Å². The molecule has 5 heterocycles. The van der Waals surface area contributed by atoms with Crippen molar-refractivity contribution in [2.24, 2.45) is 46.3 Å². The first-order valence-corrected chi connectivity index (χ1v) is 30.8. The van der Waals surface area contributed by atoms with Crippen LogP contribution in [0, 0.1) is 46.3 Å². The maximum absolute atomic E-state index is 15.3. The summed E-state index contributed by atoms with van der Waals surface area (Å²) in [5.74, 6) is 0.825. The van der Waals surface area contributed by atoms with E-state index in [4.69, 9.17) is 9.47 Å². The van der Waals surface area contributed by atoms with Gasteiger partial charge in [-0.2, -0.15) is 0 Å². The van der Waals surface area contributed by atoms with Crippen LogP contribution in [0.2, 0.25) is 0 Å². The van der Waals surface area contributed by atoms with Crippen molar-refractivity contribution in [3.8, 4) is 16.9 Å². The molecule has 11 atom stereocenters. The molecule has 14 bridgehead atoms. The second-order valence-electron chi connectivity index (χ2n) is 25.3. The molecule has 4 fully saturated rings. The van der Waals surface area contributed by atoms with Crippen molar-refractivity contribution in [3.05, 3.63) is 165 Å². The number of allylic oxidation sites excluding steroid dienone is 5. The number of aliphatic hydroxyl groups excluding tert-OH is 2. The number of phenols is 1. The molecule has 0 unspecified atom stereocenters. The van der Waals surface area contributed by atoms with E-state index in [1.54, 1.807) is 6.07 Å². The van der Waals surface area contributed by atoms with Crippen molar-refractivity contribution in [1.82, 2.24) is 26.6 Å². The molecule has 0 amide bonds. The van der Waals surface area contributed by atoms with Crippen LogP contribution in [0.5, 0.6) is 5.75 Å². The molecule has 81 heavy (non-hydrogen) atoms. The standard InChI is InChI=1S/C69H85N5O7/c1-4-26-71-41-47-31-44-20-27-72-40-46-11-8-12-48(33-46)53-14-13-52(77)37-57(53)61-54-18-25-69(59(81-67(79)64(61)69)35-45(22-29-75)30-43-9-6-5-7-10-43)63-55(54)15-16-56-58(80-66(78)62(56)63)19-24-68(51-21-28-73-60(36-51)70-3)23-17-49(38-68)65(50(32-44)34-47)74-39-42(2)76/h5-14,19,31-35,37,42,45,49,51,54-55,60,63,65,70-77H,4,15-18,20-30,36,38-41H2,1-3H3/b58-19-,59-35-/t42-,45+,49-,51-,54+,55-,60-,63+,65-,68-,69+/m0/s1. The number of piperidine rings is 1. The van der Waals surface area contributed by atoms with Gasteiger partial charge in [0, 0.05) is 49.3 Å². The quantitative estimate of drug-likeness (QED) is 0.0444. The Morgan fingerprint density at radius 3 is 2.57 bits per heavy atom. The number of carbonyl (C=O) groups excluding carboxylic acids is 2. The molecule has 12 heteroatoms. The van der Waals surface area contributed by atoms with Crippen LogP contribution in [-0.2, 0) is 45.0 Å². The number of fused-ring (bicyclic) bond motifs is 5. The summed E-state index contributed by atoms with van der Waals surface area (Å²) in [5, 5.41) is 51.6. The van der Waals surface area contributed by atoms with Crippen LogP contribution in [0.25, 0.3) is 16.7 Å². The third-order valence-corrected chi connectivity index (χ3v) is 20.3. The molecule has 1 spiro atoms. The summed E-state index contributed by atoms with van der Waals surface area (Å²) in [4.78, 5) is 30.5. The van der Waals surface area contributed by atoms with Gasteiger partial charge in [0.25, 0.3) is 0 Å². The summed E-state index contributed by atoms with van der Waals surface area (Å²) in [5.41, 5.74) is 11.0. The lowest BCUT2D eigenvalue weighted by molar-refractivity contribution is -0.135. The van der Waals surface area contributed by atoms with Crippen molar-refractivity contribution < 1.29 is 34.4 Å². The first-order chi connectivity index (χ1) is 39.5. The van der Waals surface area contributed by atoms with Gasteiger partial charge in [0.15, 0.2) is 0 Å². The number of rotatable bonds is 14. The molecule has 14 rings (SSSR count). The van der Waals surface area contributed by atoms with Crippen molar-refractivity contribution in [2.75, 3.05) is 39.8 Å². The maximum Gasteiger partial charge on any atom is 0.340 e. The highest BCUT2D eigenvalue weighted by atomic mass is 16.6. The zero-order valence-electron chi connectivity index (χ0n) is 47.8. The molecule has 4 aromatic rings. The fourth-order valence-corrected chi connectivity index (χ4v) is 16.8. The Balaban J connectivity index is 1.03. The highest BCUT2D eigenvalue weighted by Gasteiger charge is 2.68. The molecule has 5 aliphatic carbocycles. The average molecular weight is 1100 g/mol. The van der Waals surface area contributed by atoms with Gasteiger partial charge in [-0.25, -0.2) is 9.59 Å². The van der Waals surface area contributed by atoms with Crippen LogP contribution in [0.3, 0.4) is 0 Å². The van der Waals surface area contributed by atoms with Gasteiger partial charge in [0.05, 0.1) is 23.3 Å². The van der Waals surface area contributed by atoms with Crippen molar-refractivity contribution >= 4 is 17.5 Å². The van der Waals surface area contributed by atoms with Gasteiger partial charge in [0.2, 0.25) is 0 Å². The van der Waals surface area contributed by atoms with Gasteiger partial charge >= 0.3 is 11.9 Å². The highest BCUT2D eigenvalue weighted by molar-refractivity contribution is 6.07. The van der Waals surface area contributed by atoms with E-state index in [0.717, 1.165) is 129 Å². The number of cyclic esters (lactones) is 1. The monoisotopic (exact) mass is 1100 g/mol. The minimum Gasteiger partial charge on any atom is -0.508 e. The third kappa shape index (κ3) is 10.8. The Kier molecular flexibility index (Phi) is 16.5. The second kappa shape index (κ2) is 23.9. The molecule has 0 aromatic heterocycles. The van der Waals surface area contributed by atoms with Crippen LogP contribution in [0.4, 0.5) is 0 Å². The van der Waals surface area contributed by atoms with E-state index in [1.165, 1.54) is 16.7 Å². The smallest absolute Gasteiger partial charge is 0.340 e. The third-order valence-electron chi connectivity index (χ3n) is 20.3. The van der Waals surface area contributed by atoms with Gasteiger partial charge in [-0.3, -0.25) is 0 Å². The molecular weight excluding hydrogens is 1010 g/mol. The zero-order chi connectivity index (χ0) is 55.8. The number of ether oxygens (including phenoxy) is 2. The number of esters is 2. The van der Waals surface area contributed by atoms with Gasteiger partial charge in [0.1, 0.15) is 17.3 Å². The molecule has 0 radical (unpaired) electrons. The number of phenolic OH excluding ortho intramolecular Hbond substituents is 1. The van der Waals surface area contributed by atoms with Crippen molar-refractivity contribution in [2.45, 2.75) is 135 Å². The van der Waals surface area contributed by atoms with E-state index in [0.29, 0.717) is 73.3 Å². The lowest BCUT2D eigenvalue weighted by Crippen LogP contribution is -2.52. The zero-order valence-corrected chi connectivity index (χ0v) is 47.8. The SMILES string of the molecule is CCCNCc1cc2cc(c1)[C@@H](NC[C@H](C)O)[C@H]1CC[C@]([C@H]3CCN[C@H](NC)C3)(C/C=C3\OC(=O)C4=C3CC[C@H]3[C@H]5CC[C@]6(C(=C5c5cc(O)ccc5-c5cccc(c5)CNCC2)C(=O)O/C6=C\[C@H](CCO)Cc2ccccc2)[C@@H]43)C1. The molecule has 12 nitrogen and oxygen atoms in total. The molecule has 2 saturated carbocycles. The molecule has 8 N–H and O–H groups in total. The lowest BCUT2D eigenvalue weighted by atomic mass is 9.44. The Bertz CT molecular complexity index is 3130. The number of carbonyl (C=O) groups is 2. The summed E-state index contributed by atoms with van der Waals surface area (Å²) in [6, 6.07) is 31.7. The summed E-state index contributed by atoms with van der Waals surface area (Å²) in [6.07, 6.45) is 16.0. The van der Waals surface area contributed by atoms with Crippen LogP contribution in [0.1, 0.15) is 130 Å². The van der Waals surface area contributed by atoms with E-state index < -0.39 is 17.5 Å². The first kappa shape index (κ1) is 55.8. The number of aromatic hydroxyl groups is 1. The number of benzene rings is 4. The minimum atomic E-state index is -0.972. The highest BCUT2D eigenvalue weighted by Crippen LogP contribution is 2.72. The summed E-state index contributed by atoms with van der Waals surface area (Å²) in [7, 11) is 2.05. The van der Waals surface area contributed by atoms with Crippen LogP contribution in [0.15, 0.2) is 131 Å². The van der Waals surface area contributed by atoms with Gasteiger partial charge in [-0.05, 0) is 239 Å². The van der Waals surface area contributed by atoms with E-state index in [1.807, 2.05) is 44.3 Å². The predicted octanol–water partition coefficient (Wildman–Crippen LogP) is 10.2. The van der Waals surface area contributed by atoms with E-state index in [9.17, 15) is 15.3 Å². The predicted molar refractivity (Wildman–Crippen MR) is 317 cm³/mol. The molecular formula is C69H85N5O7. The largest absolute Gasteiger partial charge is 0.508 e. The Hall–Kier alpha value is -5.70. The average Bonchev–Trinajstić information content (AvgIpc) is 4.34. The van der Waals surface area contributed by atoms with Gasteiger partial charge in [-0.15, -0.1) is 0 Å². The Morgan fingerprint density at radius 2 is 1.74 bits per heavy atom. The molecule has 4 aromatic carbocycles. The lowest BCUT2D eigenvalue weighted by Gasteiger charge is -2.56. The second-order valence-corrected chi connectivity index (χ2v) is 25.3. The topological polar surface area (TPSA) is 173 Å². The van der Waals surface area contributed by atoms with E-state index in [-0.39, 0.29) is 59.6 Å². The van der Waals surface area contributed by atoms with E-state index >= 15 is 9.59 Å². The van der Waals surface area contributed by atoms with Crippen LogP contribution < -0.4 is 26.6 Å². The fourth-order valence-electron chi connectivity index (χ4n) is 16.8. The summed E-state index contributed by atoms with van der Waals surface area (Å²) < 4.78 is 13.4. The summed E-state index contributed by atoms with van der Waals surface area (Å²) >= 11 is 0. The maximum atomic E-state index is 15.3. The molecule has 10 aliphatic rings. The van der Waals surface area contributed by atoms with Gasteiger partial charge in [-0.1, -0.05) is 79.7 Å². The Morgan fingerprint density at radius 1 is 0.864 bits per heavy atom. The molecule has 428 valence electrons. The number of hydrogen-bond donors (Lipinski definition) is 8. The normalized spacial score (nSPS) is 30.8. The Labute approximate surface area is 479 Å².